The highest BCUT2D eigenvalue weighted by Gasteiger charge is 2.26. The van der Waals surface area contributed by atoms with Gasteiger partial charge in [0.1, 0.15) is 6.10 Å². The van der Waals surface area contributed by atoms with E-state index in [9.17, 15) is 4.79 Å². The standard InChI is InChI=1S/C15H15N3O2S/c19-15(6-5-13-3-2-10-21-13)18-9-7-12(11-18)20-14-4-1-8-16-17-14/h1-6,8,10,12H,7,9,11H2/b6-5+/t12-/m0/s1. The summed E-state index contributed by atoms with van der Waals surface area (Å²) in [5, 5.41) is 9.66. The Kier molecular flexibility index (Phi) is 4.25. The third kappa shape index (κ3) is 3.66. The lowest BCUT2D eigenvalue weighted by Gasteiger charge is -2.14. The highest BCUT2D eigenvalue weighted by atomic mass is 32.1. The fourth-order valence-corrected chi connectivity index (χ4v) is 2.81. The lowest BCUT2D eigenvalue weighted by Crippen LogP contribution is -2.29. The normalized spacial score (nSPS) is 18.3. The Labute approximate surface area is 126 Å². The summed E-state index contributed by atoms with van der Waals surface area (Å²) in [5.41, 5.74) is 0. The molecule has 21 heavy (non-hydrogen) atoms. The fraction of sp³-hybridized carbons (Fsp3) is 0.267. The summed E-state index contributed by atoms with van der Waals surface area (Å²) in [6.07, 6.45) is 5.88. The second kappa shape index (κ2) is 6.49. The number of amides is 1. The highest BCUT2D eigenvalue weighted by Crippen LogP contribution is 2.17. The maximum absolute atomic E-state index is 12.1. The minimum absolute atomic E-state index is 0.0132. The van der Waals surface area contributed by atoms with Crippen molar-refractivity contribution in [3.8, 4) is 5.88 Å². The number of carbonyl (C=O) groups is 1. The van der Waals surface area contributed by atoms with Crippen molar-refractivity contribution in [2.24, 2.45) is 0 Å². The predicted molar refractivity (Wildman–Crippen MR) is 81.0 cm³/mol. The van der Waals surface area contributed by atoms with Crippen molar-refractivity contribution in [1.82, 2.24) is 15.1 Å². The molecule has 0 radical (unpaired) electrons. The summed E-state index contributed by atoms with van der Waals surface area (Å²) in [6, 6.07) is 7.51. The van der Waals surface area contributed by atoms with Gasteiger partial charge in [-0.2, -0.15) is 5.10 Å². The molecule has 1 amide bonds. The van der Waals surface area contributed by atoms with Crippen molar-refractivity contribution < 1.29 is 9.53 Å². The highest BCUT2D eigenvalue weighted by molar-refractivity contribution is 7.10. The van der Waals surface area contributed by atoms with Gasteiger partial charge in [-0.1, -0.05) is 6.07 Å². The summed E-state index contributed by atoms with van der Waals surface area (Å²) in [4.78, 5) is 15.0. The average molecular weight is 301 g/mol. The average Bonchev–Trinajstić information content (AvgIpc) is 3.17. The molecule has 0 unspecified atom stereocenters. The van der Waals surface area contributed by atoms with Gasteiger partial charge in [0.2, 0.25) is 11.8 Å². The third-order valence-electron chi connectivity index (χ3n) is 3.23. The molecule has 1 aliphatic rings. The summed E-state index contributed by atoms with van der Waals surface area (Å²) < 4.78 is 5.72. The molecular weight excluding hydrogens is 286 g/mol. The van der Waals surface area contributed by atoms with Gasteiger partial charge in [0, 0.05) is 36.2 Å². The van der Waals surface area contributed by atoms with Gasteiger partial charge in [0.05, 0.1) is 6.54 Å². The van der Waals surface area contributed by atoms with Crippen molar-refractivity contribution in [1.29, 1.82) is 0 Å². The smallest absolute Gasteiger partial charge is 0.246 e. The van der Waals surface area contributed by atoms with Crippen LogP contribution in [0.1, 0.15) is 11.3 Å². The van der Waals surface area contributed by atoms with Crippen molar-refractivity contribution in [3.05, 3.63) is 46.8 Å². The zero-order valence-electron chi connectivity index (χ0n) is 11.4. The first kappa shape index (κ1) is 13.8. The van der Waals surface area contributed by atoms with Crippen LogP contribution in [0.15, 0.2) is 41.9 Å². The van der Waals surface area contributed by atoms with Gasteiger partial charge < -0.3 is 9.64 Å². The molecule has 1 fully saturated rings. The molecule has 3 rings (SSSR count). The molecule has 0 spiro atoms. The van der Waals surface area contributed by atoms with Gasteiger partial charge in [0.25, 0.3) is 0 Å². The van der Waals surface area contributed by atoms with Crippen LogP contribution < -0.4 is 4.74 Å². The van der Waals surface area contributed by atoms with Gasteiger partial charge in [-0.3, -0.25) is 4.79 Å². The summed E-state index contributed by atoms with van der Waals surface area (Å²) in [6.45, 7) is 1.29. The topological polar surface area (TPSA) is 55.3 Å². The van der Waals surface area contributed by atoms with E-state index in [0.29, 0.717) is 19.0 Å². The van der Waals surface area contributed by atoms with Gasteiger partial charge in [-0.25, -0.2) is 0 Å². The minimum atomic E-state index is -0.0132. The van der Waals surface area contributed by atoms with E-state index < -0.39 is 0 Å². The Morgan fingerprint density at radius 2 is 2.38 bits per heavy atom. The fourth-order valence-electron chi connectivity index (χ4n) is 2.19. The second-order valence-electron chi connectivity index (χ2n) is 4.72. The number of aromatic nitrogens is 2. The minimum Gasteiger partial charge on any atom is -0.471 e. The van der Waals surface area contributed by atoms with E-state index in [4.69, 9.17) is 4.74 Å². The largest absolute Gasteiger partial charge is 0.471 e. The molecule has 0 aromatic carbocycles. The Balaban J connectivity index is 1.53. The van der Waals surface area contributed by atoms with Gasteiger partial charge in [-0.15, -0.1) is 16.4 Å². The monoisotopic (exact) mass is 301 g/mol. The second-order valence-corrected chi connectivity index (χ2v) is 5.70. The summed E-state index contributed by atoms with van der Waals surface area (Å²) in [5.74, 6) is 0.527. The molecular formula is C15H15N3O2S. The molecule has 108 valence electrons. The maximum Gasteiger partial charge on any atom is 0.246 e. The number of hydrogen-bond acceptors (Lipinski definition) is 5. The van der Waals surface area contributed by atoms with E-state index in [2.05, 4.69) is 10.2 Å². The Hall–Kier alpha value is -2.21. The van der Waals surface area contributed by atoms with Crippen LogP contribution in [-0.2, 0) is 4.79 Å². The van der Waals surface area contributed by atoms with Crippen LogP contribution in [0.2, 0.25) is 0 Å². The zero-order chi connectivity index (χ0) is 14.5. The zero-order valence-corrected chi connectivity index (χ0v) is 12.2. The van der Waals surface area contributed by atoms with Crippen LogP contribution in [0.3, 0.4) is 0 Å². The summed E-state index contributed by atoms with van der Waals surface area (Å²) >= 11 is 1.61. The lowest BCUT2D eigenvalue weighted by atomic mass is 10.3. The molecule has 6 heteroatoms. The summed E-state index contributed by atoms with van der Waals surface area (Å²) in [7, 11) is 0. The molecule has 1 aliphatic heterocycles. The number of hydrogen-bond donors (Lipinski definition) is 0. The number of rotatable bonds is 4. The first-order chi connectivity index (χ1) is 10.3. The molecule has 2 aromatic heterocycles. The van der Waals surface area contributed by atoms with Crippen molar-refractivity contribution in [2.45, 2.75) is 12.5 Å². The van der Waals surface area contributed by atoms with Crippen LogP contribution in [-0.4, -0.2) is 40.2 Å². The molecule has 3 heterocycles. The number of carbonyl (C=O) groups excluding carboxylic acids is 1. The molecule has 0 bridgehead atoms. The number of thiophene rings is 1. The first-order valence-electron chi connectivity index (χ1n) is 6.76. The lowest BCUT2D eigenvalue weighted by molar-refractivity contribution is -0.125. The first-order valence-corrected chi connectivity index (χ1v) is 7.64. The van der Waals surface area contributed by atoms with Gasteiger partial charge in [0.15, 0.2) is 0 Å². The van der Waals surface area contributed by atoms with Crippen LogP contribution in [0.4, 0.5) is 0 Å². The van der Waals surface area contributed by atoms with E-state index in [1.54, 1.807) is 40.6 Å². The van der Waals surface area contributed by atoms with E-state index in [1.807, 2.05) is 23.6 Å². The van der Waals surface area contributed by atoms with Crippen molar-refractivity contribution in [2.75, 3.05) is 13.1 Å². The molecule has 1 atom stereocenters. The molecule has 1 saturated heterocycles. The van der Waals surface area contributed by atoms with Gasteiger partial charge in [-0.05, 0) is 23.6 Å². The number of ether oxygens (including phenoxy) is 1. The molecule has 0 saturated carbocycles. The van der Waals surface area contributed by atoms with Crippen molar-refractivity contribution in [3.63, 3.8) is 0 Å². The molecule has 2 aromatic rings. The molecule has 0 N–H and O–H groups in total. The van der Waals surface area contributed by atoms with Crippen LogP contribution in [0.5, 0.6) is 5.88 Å². The van der Waals surface area contributed by atoms with E-state index in [1.165, 1.54) is 0 Å². The van der Waals surface area contributed by atoms with Gasteiger partial charge >= 0.3 is 0 Å². The molecule has 5 nitrogen and oxygen atoms in total. The maximum atomic E-state index is 12.1. The van der Waals surface area contributed by atoms with Crippen LogP contribution >= 0.6 is 11.3 Å². The van der Waals surface area contributed by atoms with E-state index >= 15 is 0 Å². The van der Waals surface area contributed by atoms with E-state index in [-0.39, 0.29) is 12.0 Å². The number of likely N-dealkylation sites (tertiary alicyclic amines) is 1. The third-order valence-corrected chi connectivity index (χ3v) is 4.06. The van der Waals surface area contributed by atoms with Crippen LogP contribution in [0.25, 0.3) is 6.08 Å². The Morgan fingerprint density at radius 1 is 1.43 bits per heavy atom. The van der Waals surface area contributed by atoms with Crippen molar-refractivity contribution >= 4 is 23.3 Å². The van der Waals surface area contributed by atoms with Crippen LogP contribution in [0, 0.1) is 0 Å². The predicted octanol–water partition coefficient (Wildman–Crippen LogP) is 2.23. The van der Waals surface area contributed by atoms with E-state index in [0.717, 1.165) is 11.3 Å². The quantitative estimate of drug-likeness (QED) is 0.813. The Morgan fingerprint density at radius 3 is 3.14 bits per heavy atom. The number of nitrogens with zero attached hydrogens (tertiary/aromatic N) is 3. The Bertz CT molecular complexity index is 613. The SMILES string of the molecule is O=C(/C=C/c1cccs1)N1CC[C@H](Oc2cccnn2)C1. The molecule has 0 aliphatic carbocycles.